The quantitative estimate of drug-likeness (QED) is 0.624. The Morgan fingerprint density at radius 3 is 2.43 bits per heavy atom. The van der Waals surface area contributed by atoms with E-state index in [1.807, 2.05) is 31.2 Å². The largest absolute Gasteiger partial charge is 0.383 e. The summed E-state index contributed by atoms with van der Waals surface area (Å²) >= 11 is 0. The van der Waals surface area contributed by atoms with Gasteiger partial charge in [-0.15, -0.1) is 0 Å². The first-order chi connectivity index (χ1) is 10.1. The number of benzene rings is 1. The minimum Gasteiger partial charge on any atom is -0.383 e. The highest BCUT2D eigenvalue weighted by atomic mass is 16.5. The predicted octanol–water partition coefficient (Wildman–Crippen LogP) is 0.947. The van der Waals surface area contributed by atoms with Crippen LogP contribution in [0.25, 0.3) is 0 Å². The maximum absolute atomic E-state index is 11.6. The number of methoxy groups -OCH3 is 1. The second kappa shape index (κ2) is 9.77. The fourth-order valence-corrected chi connectivity index (χ4v) is 1.62. The smallest absolute Gasteiger partial charge is 0.315 e. The van der Waals surface area contributed by atoms with Crippen LogP contribution < -0.4 is 16.0 Å². The maximum atomic E-state index is 11.6. The molecule has 0 aliphatic rings. The number of ether oxygens (including phenoxy) is 1. The fraction of sp³-hybridized carbons (Fsp3) is 0.467. The van der Waals surface area contributed by atoms with Crippen molar-refractivity contribution in [2.24, 2.45) is 0 Å². The highest BCUT2D eigenvalue weighted by Gasteiger charge is 2.03. The number of nitrogens with one attached hydrogen (secondary N) is 3. The van der Waals surface area contributed by atoms with Crippen molar-refractivity contribution in [2.45, 2.75) is 19.9 Å². The van der Waals surface area contributed by atoms with E-state index in [0.29, 0.717) is 26.2 Å². The van der Waals surface area contributed by atoms with Crippen LogP contribution in [0.3, 0.4) is 0 Å². The molecule has 21 heavy (non-hydrogen) atoms. The van der Waals surface area contributed by atoms with Crippen LogP contribution in [0.4, 0.5) is 4.79 Å². The third kappa shape index (κ3) is 7.94. The third-order valence-electron chi connectivity index (χ3n) is 2.84. The summed E-state index contributed by atoms with van der Waals surface area (Å²) in [7, 11) is 1.58. The van der Waals surface area contributed by atoms with E-state index in [9.17, 15) is 9.59 Å². The molecule has 1 rings (SSSR count). The summed E-state index contributed by atoms with van der Waals surface area (Å²) in [6.07, 6.45) is 0.252. The van der Waals surface area contributed by atoms with Gasteiger partial charge in [0.05, 0.1) is 6.61 Å². The summed E-state index contributed by atoms with van der Waals surface area (Å²) in [6, 6.07) is 7.66. The molecule has 116 valence electrons. The summed E-state index contributed by atoms with van der Waals surface area (Å²) in [5.74, 6) is -0.106. The summed E-state index contributed by atoms with van der Waals surface area (Å²) in [5, 5.41) is 8.07. The molecule has 3 N–H and O–H groups in total. The number of hydrogen-bond acceptors (Lipinski definition) is 3. The lowest BCUT2D eigenvalue weighted by Gasteiger charge is -2.08. The second-order valence-electron chi connectivity index (χ2n) is 4.69. The topological polar surface area (TPSA) is 79.5 Å². The molecular formula is C15H23N3O3. The van der Waals surface area contributed by atoms with Crippen LogP contribution in [0.15, 0.2) is 24.3 Å². The van der Waals surface area contributed by atoms with E-state index in [2.05, 4.69) is 16.0 Å². The Morgan fingerprint density at radius 2 is 1.76 bits per heavy atom. The lowest BCUT2D eigenvalue weighted by molar-refractivity contribution is -0.121. The fourth-order valence-electron chi connectivity index (χ4n) is 1.62. The Hall–Kier alpha value is -2.08. The van der Waals surface area contributed by atoms with Gasteiger partial charge < -0.3 is 20.7 Å². The first-order valence-corrected chi connectivity index (χ1v) is 6.94. The molecule has 0 bridgehead atoms. The molecule has 0 heterocycles. The first kappa shape index (κ1) is 17.0. The molecule has 0 atom stereocenters. The Kier molecular flexibility index (Phi) is 7.89. The van der Waals surface area contributed by atoms with Crippen molar-refractivity contribution < 1.29 is 14.3 Å². The van der Waals surface area contributed by atoms with Crippen molar-refractivity contribution >= 4 is 11.9 Å². The number of rotatable bonds is 8. The maximum Gasteiger partial charge on any atom is 0.315 e. The van der Waals surface area contributed by atoms with Gasteiger partial charge in [0.1, 0.15) is 0 Å². The van der Waals surface area contributed by atoms with Gasteiger partial charge in [-0.3, -0.25) is 4.79 Å². The van der Waals surface area contributed by atoms with Crippen molar-refractivity contribution in [3.8, 4) is 0 Å². The number of hydrogen-bond donors (Lipinski definition) is 3. The van der Waals surface area contributed by atoms with Crippen molar-refractivity contribution in [1.29, 1.82) is 0 Å². The lowest BCUT2D eigenvalue weighted by Crippen LogP contribution is -2.37. The monoisotopic (exact) mass is 293 g/mol. The van der Waals surface area contributed by atoms with Crippen LogP contribution in [-0.4, -0.2) is 38.7 Å². The van der Waals surface area contributed by atoms with Crippen molar-refractivity contribution in [2.75, 3.05) is 26.8 Å². The van der Waals surface area contributed by atoms with E-state index in [1.165, 1.54) is 5.56 Å². The molecule has 1 aromatic rings. The van der Waals surface area contributed by atoms with Gasteiger partial charge in [0.15, 0.2) is 0 Å². The average molecular weight is 293 g/mol. The Morgan fingerprint density at radius 1 is 1.05 bits per heavy atom. The zero-order chi connectivity index (χ0) is 15.5. The molecule has 1 aromatic carbocycles. The Bertz CT molecular complexity index is 446. The zero-order valence-electron chi connectivity index (χ0n) is 12.6. The second-order valence-corrected chi connectivity index (χ2v) is 4.69. The molecule has 0 aliphatic carbocycles. The van der Waals surface area contributed by atoms with Crippen LogP contribution in [0.2, 0.25) is 0 Å². The van der Waals surface area contributed by atoms with Crippen LogP contribution in [0, 0.1) is 6.92 Å². The summed E-state index contributed by atoms with van der Waals surface area (Å²) < 4.78 is 4.82. The van der Waals surface area contributed by atoms with Crippen LogP contribution in [-0.2, 0) is 16.1 Å². The molecule has 0 saturated carbocycles. The average Bonchev–Trinajstić information content (AvgIpc) is 2.47. The van der Waals surface area contributed by atoms with E-state index in [4.69, 9.17) is 4.74 Å². The van der Waals surface area contributed by atoms with Crippen LogP contribution in [0.1, 0.15) is 17.5 Å². The molecular weight excluding hydrogens is 270 g/mol. The molecule has 0 aromatic heterocycles. The zero-order valence-corrected chi connectivity index (χ0v) is 12.6. The summed E-state index contributed by atoms with van der Waals surface area (Å²) in [5.41, 5.74) is 2.22. The number of carbonyl (C=O) groups is 2. The van der Waals surface area contributed by atoms with Gasteiger partial charge in [-0.25, -0.2) is 4.79 Å². The highest BCUT2D eigenvalue weighted by Crippen LogP contribution is 2.02. The van der Waals surface area contributed by atoms with Gasteiger partial charge in [0, 0.05) is 33.2 Å². The normalized spacial score (nSPS) is 10.0. The minimum atomic E-state index is -0.278. The molecule has 0 fully saturated rings. The van der Waals surface area contributed by atoms with Crippen molar-refractivity contribution in [3.05, 3.63) is 35.4 Å². The molecule has 6 nitrogen and oxygen atoms in total. The molecule has 6 heteroatoms. The van der Waals surface area contributed by atoms with E-state index in [-0.39, 0.29) is 18.4 Å². The van der Waals surface area contributed by atoms with E-state index in [0.717, 1.165) is 5.56 Å². The Labute approximate surface area is 125 Å². The van der Waals surface area contributed by atoms with Gasteiger partial charge in [0.2, 0.25) is 5.91 Å². The van der Waals surface area contributed by atoms with Crippen molar-refractivity contribution in [1.82, 2.24) is 16.0 Å². The van der Waals surface area contributed by atoms with Crippen molar-refractivity contribution in [3.63, 3.8) is 0 Å². The third-order valence-corrected chi connectivity index (χ3v) is 2.84. The standard InChI is InChI=1S/C15H23N3O3/c1-12-3-5-13(6-4-12)11-18-15(20)17-8-7-14(19)16-9-10-21-2/h3-6H,7-11H2,1-2H3,(H,16,19)(H2,17,18,20). The molecule has 0 unspecified atom stereocenters. The first-order valence-electron chi connectivity index (χ1n) is 6.94. The number of aryl methyl sites for hydroxylation is 1. The predicted molar refractivity (Wildman–Crippen MR) is 80.9 cm³/mol. The van der Waals surface area contributed by atoms with E-state index in [1.54, 1.807) is 7.11 Å². The van der Waals surface area contributed by atoms with E-state index >= 15 is 0 Å². The SMILES string of the molecule is COCCNC(=O)CCNC(=O)NCc1ccc(C)cc1. The van der Waals surface area contributed by atoms with Crippen LogP contribution >= 0.6 is 0 Å². The number of urea groups is 1. The highest BCUT2D eigenvalue weighted by molar-refractivity contribution is 5.78. The van der Waals surface area contributed by atoms with Gasteiger partial charge in [-0.1, -0.05) is 29.8 Å². The molecule has 0 spiro atoms. The van der Waals surface area contributed by atoms with Gasteiger partial charge >= 0.3 is 6.03 Å². The summed E-state index contributed by atoms with van der Waals surface area (Å²) in [6.45, 7) is 3.75. The molecule has 0 radical (unpaired) electrons. The minimum absolute atomic E-state index is 0.106. The van der Waals surface area contributed by atoms with Crippen LogP contribution in [0.5, 0.6) is 0 Å². The van der Waals surface area contributed by atoms with Gasteiger partial charge in [-0.05, 0) is 12.5 Å². The lowest BCUT2D eigenvalue weighted by atomic mass is 10.1. The van der Waals surface area contributed by atoms with E-state index < -0.39 is 0 Å². The molecule has 0 saturated heterocycles. The number of carbonyl (C=O) groups excluding carboxylic acids is 2. The van der Waals surface area contributed by atoms with Gasteiger partial charge in [0.25, 0.3) is 0 Å². The molecule has 0 aliphatic heterocycles. The Balaban J connectivity index is 2.11. The number of amides is 3. The van der Waals surface area contributed by atoms with Gasteiger partial charge in [-0.2, -0.15) is 0 Å². The molecule has 3 amide bonds. The summed E-state index contributed by atoms with van der Waals surface area (Å²) in [4.78, 5) is 22.9.